The number of alkyl carbamates (subject to hydrolysis) is 1. The number of ether oxygens (including phenoxy) is 2. The van der Waals surface area contributed by atoms with Gasteiger partial charge in [-0.25, -0.2) is 4.79 Å². The van der Waals surface area contributed by atoms with Crippen molar-refractivity contribution in [2.45, 2.75) is 313 Å². The number of benzene rings is 1. The van der Waals surface area contributed by atoms with Crippen LogP contribution in [0.4, 0.5) is 4.79 Å². The second-order valence-electron chi connectivity index (χ2n) is 44.1. The van der Waals surface area contributed by atoms with E-state index in [1.165, 1.54) is 57.0 Å². The van der Waals surface area contributed by atoms with E-state index < -0.39 is 5.60 Å². The molecule has 1 unspecified atom stereocenters. The van der Waals surface area contributed by atoms with Gasteiger partial charge in [-0.3, -0.25) is 44.1 Å². The van der Waals surface area contributed by atoms with Crippen molar-refractivity contribution in [1.29, 1.82) is 0 Å². The van der Waals surface area contributed by atoms with Gasteiger partial charge in [0.05, 0.1) is 25.2 Å². The largest absolute Gasteiger partial charge is 0.464 e. The van der Waals surface area contributed by atoms with E-state index in [-0.39, 0.29) is 111 Å². The average molecular weight is 1750 g/mol. The molecule has 0 bridgehead atoms. The fourth-order valence-electron chi connectivity index (χ4n) is 12.4. The maximum Gasteiger partial charge on any atom is 0.407 e. The van der Waals surface area contributed by atoms with Crippen LogP contribution < -0.4 is 79.7 Å². The Bertz CT molecular complexity index is 3150. The summed E-state index contributed by atoms with van der Waals surface area (Å²) in [6.07, 6.45) is 5.28. The van der Waals surface area contributed by atoms with Crippen LogP contribution in [0, 0.1) is 11.8 Å². The Morgan fingerprint density at radius 1 is 0.537 bits per heavy atom. The number of para-hydroxylation sites is 1. The van der Waals surface area contributed by atoms with Gasteiger partial charge >= 0.3 is 12.1 Å². The first-order valence-electron chi connectivity index (χ1n) is 46.1. The molecule has 6 saturated heterocycles. The van der Waals surface area contributed by atoms with Crippen molar-refractivity contribution in [3.05, 3.63) is 24.3 Å². The van der Waals surface area contributed by atoms with Crippen molar-refractivity contribution >= 4 is 40.8 Å². The molecule has 1 aromatic carbocycles. The summed E-state index contributed by atoms with van der Waals surface area (Å²) in [7, 11) is 6.14. The van der Waals surface area contributed by atoms with Gasteiger partial charge in [0.2, 0.25) is 11.8 Å². The maximum atomic E-state index is 11.9. The smallest absolute Gasteiger partial charge is 0.407 e. The molecule has 1 aromatic heterocycles. The third kappa shape index (κ3) is 62.7. The molecule has 6 aliphatic heterocycles. The summed E-state index contributed by atoms with van der Waals surface area (Å²) in [5.74, 6) is 0.853. The van der Waals surface area contributed by atoms with Crippen LogP contribution in [0.2, 0.25) is 0 Å². The van der Waals surface area contributed by atoms with Crippen LogP contribution >= 0.6 is 0 Å². The average Bonchev–Trinajstić information content (AvgIpc) is 1.29. The standard InChI is InChI=1S/C15H21N5O2.C13H23N3O3.C12H22N2O.C11H24N2O2.C10H23N3.C10H22N2.C8H20N2.C7H18N2.C6H16N2/c1-15(2,3)19-8-11(9-19)16-14(21)10-22-20-13-7-5-4-6-12(13)17-18-20;1-13(2,3)16-7-9(8-16)15-11(17)6-14-10-4-5-19-12(10)18;1-12(2,3)14-7-9(8-14)6-13-11(15)10-4-5-10;1-10(2,3)13-8-7-12-9(14)15-11(4,5)6;1-10(2,3)12-6-9-13-7-4-11-5-8-13;1-10(2,3)11-6-9-12-7-4-5-8-12;1-8(2,3)9-6-7-10(4)5;1-7(2,3)9-6-5-8-4;1-6(2,3)8-5-4-7/h4-7,11H,8-10H2,1-3H3,(H,16,21);9-10,14H,4-8H2,1-3H3,(H,15,17);9-10H,4-8H2,1-3H3,(H,13,15);13H,7-8H2,1-6H3,(H,12,14);11-12H,4-9H2,1-3H3;11H,4-9H2,1-3H3;9H,6-7H2,1-5H3;8-9H,5-6H2,1-4H3;8H,4-5,7H2,1-3H3. The Hall–Kier alpha value is -5.07. The van der Waals surface area contributed by atoms with Gasteiger partial charge in [-0.15, -0.1) is 5.10 Å². The number of amides is 4. The zero-order chi connectivity index (χ0) is 93.9. The van der Waals surface area contributed by atoms with Crippen molar-refractivity contribution in [3.8, 4) is 0 Å². The minimum Gasteiger partial charge on any atom is -0.464 e. The molecule has 2 aromatic rings. The molecule has 0 radical (unpaired) electrons. The number of carbonyl (C=O) groups is 5. The first-order chi connectivity index (χ1) is 56.6. The molecule has 0 spiro atoms. The monoisotopic (exact) mass is 1740 g/mol. The number of nitrogens with zero attached hydrogens (tertiary/aromatic N) is 9. The number of cyclic esters (lactones) is 1. The van der Waals surface area contributed by atoms with Crippen molar-refractivity contribution in [2.75, 3.05) is 205 Å². The van der Waals surface area contributed by atoms with Crippen molar-refractivity contribution < 1.29 is 38.3 Å². The van der Waals surface area contributed by atoms with Crippen LogP contribution in [0.5, 0.6) is 0 Å². The topological polar surface area (TPSA) is 346 Å². The summed E-state index contributed by atoms with van der Waals surface area (Å²) in [6.45, 7) is 90.6. The Morgan fingerprint density at radius 2 is 0.976 bits per heavy atom. The van der Waals surface area contributed by atoms with Crippen LogP contribution in [0.1, 0.15) is 240 Å². The van der Waals surface area contributed by atoms with Gasteiger partial charge in [-0.05, 0) is 285 Å². The van der Waals surface area contributed by atoms with Gasteiger partial charge in [-0.2, -0.15) is 0 Å². The fourth-order valence-corrected chi connectivity index (χ4v) is 12.4. The minimum absolute atomic E-state index is 0.0572. The molecule has 720 valence electrons. The molecule has 7 fully saturated rings. The number of fused-ring (bicyclic) bond motifs is 1. The summed E-state index contributed by atoms with van der Waals surface area (Å²) < 4.78 is 9.91. The molecule has 1 saturated carbocycles. The van der Waals surface area contributed by atoms with Crippen molar-refractivity contribution in [3.63, 3.8) is 0 Å². The zero-order valence-corrected chi connectivity index (χ0v) is 84.4. The van der Waals surface area contributed by atoms with Crippen LogP contribution in [-0.4, -0.2) is 352 Å². The van der Waals surface area contributed by atoms with E-state index in [1.807, 2.05) is 52.1 Å². The van der Waals surface area contributed by atoms with E-state index in [0.717, 1.165) is 142 Å². The highest BCUT2D eigenvalue weighted by molar-refractivity contribution is 5.82. The van der Waals surface area contributed by atoms with Gasteiger partial charge in [0.1, 0.15) is 22.7 Å². The molecule has 1 aliphatic carbocycles. The Morgan fingerprint density at radius 3 is 1.40 bits per heavy atom. The number of esters is 1. The highest BCUT2D eigenvalue weighted by atomic mass is 16.7. The maximum absolute atomic E-state index is 11.9. The third-order valence-electron chi connectivity index (χ3n) is 20.0. The lowest BCUT2D eigenvalue weighted by Crippen LogP contribution is -2.65. The second-order valence-corrected chi connectivity index (χ2v) is 44.1. The first kappa shape index (κ1) is 116. The number of hydrogen-bond acceptors (Lipinski definition) is 26. The van der Waals surface area contributed by atoms with E-state index in [4.69, 9.17) is 20.0 Å². The molecule has 7 heterocycles. The summed E-state index contributed by atoms with van der Waals surface area (Å²) in [5.41, 5.74) is 8.29. The van der Waals surface area contributed by atoms with Gasteiger partial charge in [-0.1, -0.05) is 17.0 Å². The predicted octanol–water partition coefficient (Wildman–Crippen LogP) is 6.70. The number of likely N-dealkylation sites (N-methyl/N-ethyl adjacent to an activating group) is 2. The van der Waals surface area contributed by atoms with E-state index >= 15 is 0 Å². The van der Waals surface area contributed by atoms with Gasteiger partial charge in [0.15, 0.2) is 6.61 Å². The number of likely N-dealkylation sites (tertiary alicyclic amines) is 4. The lowest BCUT2D eigenvalue weighted by molar-refractivity contribution is -0.139. The van der Waals surface area contributed by atoms with Crippen molar-refractivity contribution in [2.24, 2.45) is 17.6 Å². The number of rotatable bonds is 28. The fraction of sp³-hybridized carbons (Fsp3) is 0.880. The highest BCUT2D eigenvalue weighted by Crippen LogP contribution is 2.30. The van der Waals surface area contributed by atoms with E-state index in [0.29, 0.717) is 31.4 Å². The molecule has 31 nitrogen and oxygen atoms in total. The summed E-state index contributed by atoms with van der Waals surface area (Å²) in [4.78, 5) is 78.5. The number of aromatic nitrogens is 3. The zero-order valence-electron chi connectivity index (χ0n) is 84.4. The predicted molar refractivity (Wildman–Crippen MR) is 511 cm³/mol. The number of carbonyl (C=O) groups excluding carboxylic acids is 5. The van der Waals surface area contributed by atoms with Crippen LogP contribution in [0.3, 0.4) is 0 Å². The van der Waals surface area contributed by atoms with E-state index in [2.05, 4.69) is 310 Å². The number of hydrogen-bond donors (Lipinski definition) is 14. The Kier molecular flexibility index (Phi) is 53.2. The molecule has 15 N–H and O–H groups in total. The molecule has 123 heavy (non-hydrogen) atoms. The minimum atomic E-state index is -0.429. The normalized spacial score (nSPS) is 18.0. The molecule has 1 atom stereocenters. The summed E-state index contributed by atoms with van der Waals surface area (Å²) in [6, 6.07) is 7.55. The van der Waals surface area contributed by atoms with Gasteiger partial charge in [0, 0.05) is 219 Å². The van der Waals surface area contributed by atoms with Crippen LogP contribution in [0.15, 0.2) is 24.3 Å². The van der Waals surface area contributed by atoms with Crippen molar-refractivity contribution in [1.82, 2.24) is 114 Å². The Balaban J connectivity index is 0.000000704. The third-order valence-corrected chi connectivity index (χ3v) is 20.0. The van der Waals surface area contributed by atoms with Crippen LogP contribution in [-0.2, 0) is 28.7 Å². The molecule has 9 rings (SSSR count). The second kappa shape index (κ2) is 56.4. The van der Waals surface area contributed by atoms with Gasteiger partial charge < -0.3 is 93.6 Å². The highest BCUT2D eigenvalue weighted by Gasteiger charge is 2.38. The first-order valence-corrected chi connectivity index (χ1v) is 46.1. The SMILES string of the molecule is CC(C)(C)N1CC(CNC(=O)C2CC2)C1.CC(C)(C)N1CC(NC(=O)CNC2CCOC2=O)C1.CC(C)(C)N1CC(NC(=O)COn2nnc3ccccc32)C1.CC(C)(C)NCCN.CC(C)(C)NCCN1CCCC1.CC(C)(C)NCCN1CCNCC1.CC(C)(C)NCCNC(=O)OC(C)(C)C.CN(C)CCNC(C)(C)C.CNCCNC(C)(C)C. The lowest BCUT2D eigenvalue weighted by Gasteiger charge is -2.47. The number of piperazine rings is 1. The quantitative estimate of drug-likeness (QED) is 0.0311. The van der Waals surface area contributed by atoms with Crippen LogP contribution in [0.25, 0.3) is 11.0 Å². The molecular weight excluding hydrogens is 1560 g/mol. The van der Waals surface area contributed by atoms with Gasteiger partial charge in [0.25, 0.3) is 5.91 Å². The lowest BCUT2D eigenvalue weighted by atomic mass is 9.92. The molecular formula is C92H189N23O8. The summed E-state index contributed by atoms with van der Waals surface area (Å²) >= 11 is 0. The molecule has 31 heteroatoms. The molecule has 4 amide bonds. The van der Waals surface area contributed by atoms with E-state index in [9.17, 15) is 24.0 Å². The summed E-state index contributed by atoms with van der Waals surface area (Å²) in [5, 5.41) is 49.2. The molecule has 7 aliphatic rings. The number of nitrogens with one attached hydrogen (secondary N) is 13. The van der Waals surface area contributed by atoms with E-state index in [1.54, 1.807) is 0 Å². The Labute approximate surface area is 748 Å². The number of nitrogens with two attached hydrogens (primary N) is 1.